The number of fused-ring (bicyclic) bond motifs is 1. The molecule has 4 nitrogen and oxygen atoms in total. The second-order valence-electron chi connectivity index (χ2n) is 7.73. The third kappa shape index (κ3) is 4.93. The Labute approximate surface area is 159 Å². The second kappa shape index (κ2) is 7.91. The summed E-state index contributed by atoms with van der Waals surface area (Å²) in [6, 6.07) is 10.8. The van der Waals surface area contributed by atoms with Gasteiger partial charge in [0.1, 0.15) is 0 Å². The van der Waals surface area contributed by atoms with E-state index in [1.165, 1.54) is 21.6 Å². The number of hydrogen-bond acceptors (Lipinski definition) is 4. The van der Waals surface area contributed by atoms with Gasteiger partial charge in [-0.05, 0) is 55.9 Å². The molecule has 0 radical (unpaired) electrons. The lowest BCUT2D eigenvalue weighted by molar-refractivity contribution is 0.0714. The zero-order valence-electron chi connectivity index (χ0n) is 15.8. The lowest BCUT2D eigenvalue weighted by Gasteiger charge is -2.26. The van der Waals surface area contributed by atoms with E-state index in [0.29, 0.717) is 0 Å². The standard InChI is InChI=1S/C21H28N2O2S/c1-21(2,25)10-8-15-4-6-16(7-5-15)13-23-11-9-18-17(14-23)12-19(26-18)20(24)22-3/h4-7,12,25H,8-11,13-14H2,1-3H3,(H,22,24). The average Bonchev–Trinajstić information content (AvgIpc) is 3.03. The van der Waals surface area contributed by atoms with E-state index in [1.54, 1.807) is 18.4 Å². The first-order chi connectivity index (χ1) is 12.3. The number of benzene rings is 1. The number of thiophene rings is 1. The number of carbonyl (C=O) groups is 1. The molecule has 2 heterocycles. The van der Waals surface area contributed by atoms with E-state index in [9.17, 15) is 9.90 Å². The summed E-state index contributed by atoms with van der Waals surface area (Å²) in [6.45, 7) is 6.57. The van der Waals surface area contributed by atoms with Crippen LogP contribution in [-0.2, 0) is 25.9 Å². The minimum atomic E-state index is -0.613. The molecule has 1 amide bonds. The van der Waals surface area contributed by atoms with Gasteiger partial charge in [-0.15, -0.1) is 11.3 Å². The Bertz CT molecular complexity index is 759. The minimum Gasteiger partial charge on any atom is -0.390 e. The highest BCUT2D eigenvalue weighted by Gasteiger charge is 2.21. The van der Waals surface area contributed by atoms with Crippen molar-refractivity contribution in [2.45, 2.75) is 51.8 Å². The summed E-state index contributed by atoms with van der Waals surface area (Å²) in [5.74, 6) is 0.0117. The zero-order valence-corrected chi connectivity index (χ0v) is 16.7. The van der Waals surface area contributed by atoms with E-state index in [-0.39, 0.29) is 5.91 Å². The predicted molar refractivity (Wildman–Crippen MR) is 107 cm³/mol. The molecule has 1 aromatic carbocycles. The summed E-state index contributed by atoms with van der Waals surface area (Å²) in [6.07, 6.45) is 2.68. The molecule has 1 aliphatic heterocycles. The second-order valence-corrected chi connectivity index (χ2v) is 8.86. The molecule has 0 fully saturated rings. The van der Waals surface area contributed by atoms with Gasteiger partial charge in [-0.2, -0.15) is 0 Å². The van der Waals surface area contributed by atoms with Gasteiger partial charge in [0.15, 0.2) is 0 Å². The number of hydrogen-bond donors (Lipinski definition) is 2. The van der Waals surface area contributed by atoms with Gasteiger partial charge in [-0.25, -0.2) is 0 Å². The maximum absolute atomic E-state index is 11.8. The molecule has 2 N–H and O–H groups in total. The summed E-state index contributed by atoms with van der Waals surface area (Å²) in [4.78, 5) is 16.4. The molecule has 1 aliphatic rings. The van der Waals surface area contributed by atoms with Crippen molar-refractivity contribution in [1.29, 1.82) is 0 Å². The van der Waals surface area contributed by atoms with Crippen LogP contribution >= 0.6 is 11.3 Å². The van der Waals surface area contributed by atoms with Gasteiger partial charge in [-0.3, -0.25) is 9.69 Å². The van der Waals surface area contributed by atoms with Gasteiger partial charge in [0, 0.05) is 31.6 Å². The fourth-order valence-corrected chi connectivity index (χ4v) is 4.39. The van der Waals surface area contributed by atoms with Gasteiger partial charge in [-0.1, -0.05) is 24.3 Å². The van der Waals surface area contributed by atoms with Crippen LogP contribution < -0.4 is 5.32 Å². The molecule has 0 bridgehead atoms. The number of nitrogens with one attached hydrogen (secondary N) is 1. The number of carbonyl (C=O) groups excluding carboxylic acids is 1. The van der Waals surface area contributed by atoms with E-state index >= 15 is 0 Å². The quantitative estimate of drug-likeness (QED) is 0.817. The molecule has 3 rings (SSSR count). The Morgan fingerprint density at radius 2 is 1.96 bits per heavy atom. The van der Waals surface area contributed by atoms with E-state index in [4.69, 9.17) is 0 Å². The van der Waals surface area contributed by atoms with Gasteiger partial charge >= 0.3 is 0 Å². The molecule has 140 valence electrons. The smallest absolute Gasteiger partial charge is 0.261 e. The maximum atomic E-state index is 11.8. The normalized spacial score (nSPS) is 14.9. The Morgan fingerprint density at radius 1 is 1.27 bits per heavy atom. The molecule has 0 atom stereocenters. The van der Waals surface area contributed by atoms with Crippen molar-refractivity contribution in [2.24, 2.45) is 0 Å². The van der Waals surface area contributed by atoms with Crippen molar-refractivity contribution in [3.8, 4) is 0 Å². The van der Waals surface area contributed by atoms with Crippen LogP contribution in [0.25, 0.3) is 0 Å². The molecule has 26 heavy (non-hydrogen) atoms. The highest BCUT2D eigenvalue weighted by Crippen LogP contribution is 2.29. The fourth-order valence-electron chi connectivity index (χ4n) is 3.28. The predicted octanol–water partition coefficient (Wildman–Crippen LogP) is 3.37. The molecule has 0 saturated heterocycles. The molecule has 0 spiro atoms. The molecule has 2 aromatic rings. The third-order valence-corrected chi connectivity index (χ3v) is 6.09. The van der Waals surface area contributed by atoms with Crippen LogP contribution in [0.1, 0.15) is 51.5 Å². The SMILES string of the molecule is CNC(=O)c1cc2c(s1)CCN(Cc1ccc(CCC(C)(C)O)cc1)C2. The Balaban J connectivity index is 1.58. The Hall–Kier alpha value is -1.69. The first-order valence-corrected chi connectivity index (χ1v) is 10.0. The van der Waals surface area contributed by atoms with Crippen molar-refractivity contribution in [2.75, 3.05) is 13.6 Å². The maximum Gasteiger partial charge on any atom is 0.261 e. The molecular weight excluding hydrogens is 344 g/mol. The summed E-state index contributed by atoms with van der Waals surface area (Å²) in [5.41, 5.74) is 3.26. The number of aliphatic hydroxyl groups is 1. The summed E-state index contributed by atoms with van der Waals surface area (Å²) in [7, 11) is 1.68. The van der Waals surface area contributed by atoms with Gasteiger partial charge < -0.3 is 10.4 Å². The van der Waals surface area contributed by atoms with E-state index < -0.39 is 5.60 Å². The van der Waals surface area contributed by atoms with Crippen LogP contribution in [0.2, 0.25) is 0 Å². The molecule has 5 heteroatoms. The number of nitrogens with zero attached hydrogens (tertiary/aromatic N) is 1. The minimum absolute atomic E-state index is 0.0117. The van der Waals surface area contributed by atoms with Crippen LogP contribution in [0.3, 0.4) is 0 Å². The van der Waals surface area contributed by atoms with Crippen molar-refractivity contribution in [3.63, 3.8) is 0 Å². The highest BCUT2D eigenvalue weighted by atomic mass is 32.1. The van der Waals surface area contributed by atoms with Gasteiger partial charge in [0.05, 0.1) is 10.5 Å². The van der Waals surface area contributed by atoms with Gasteiger partial charge in [0.2, 0.25) is 0 Å². The number of amides is 1. The first-order valence-electron chi connectivity index (χ1n) is 9.20. The van der Waals surface area contributed by atoms with Gasteiger partial charge in [0.25, 0.3) is 5.91 Å². The van der Waals surface area contributed by atoms with E-state index in [0.717, 1.165) is 43.8 Å². The lowest BCUT2D eigenvalue weighted by Crippen LogP contribution is -2.29. The summed E-state index contributed by atoms with van der Waals surface area (Å²) in [5, 5.41) is 12.6. The van der Waals surface area contributed by atoms with Crippen LogP contribution in [0.4, 0.5) is 0 Å². The Kier molecular flexibility index (Phi) is 5.80. The largest absolute Gasteiger partial charge is 0.390 e. The fraction of sp³-hybridized carbons (Fsp3) is 0.476. The topological polar surface area (TPSA) is 52.6 Å². The van der Waals surface area contributed by atoms with Crippen molar-refractivity contribution < 1.29 is 9.90 Å². The third-order valence-electron chi connectivity index (χ3n) is 4.85. The summed E-state index contributed by atoms with van der Waals surface area (Å²) >= 11 is 1.63. The number of rotatable bonds is 6. The Morgan fingerprint density at radius 3 is 2.62 bits per heavy atom. The van der Waals surface area contributed by atoms with E-state index in [2.05, 4.69) is 34.5 Å². The van der Waals surface area contributed by atoms with Crippen molar-refractivity contribution in [1.82, 2.24) is 10.2 Å². The van der Waals surface area contributed by atoms with Crippen LogP contribution in [0.15, 0.2) is 30.3 Å². The van der Waals surface area contributed by atoms with Crippen molar-refractivity contribution >= 4 is 17.2 Å². The molecule has 1 aromatic heterocycles. The summed E-state index contributed by atoms with van der Waals surface area (Å²) < 4.78 is 0. The zero-order chi connectivity index (χ0) is 18.7. The van der Waals surface area contributed by atoms with Crippen LogP contribution in [-0.4, -0.2) is 35.1 Å². The lowest BCUT2D eigenvalue weighted by atomic mass is 9.98. The average molecular weight is 373 g/mol. The van der Waals surface area contributed by atoms with Crippen molar-refractivity contribution in [3.05, 3.63) is 56.8 Å². The molecular formula is C21H28N2O2S. The van der Waals surface area contributed by atoms with E-state index in [1.807, 2.05) is 19.9 Å². The monoisotopic (exact) mass is 372 g/mol. The molecule has 0 saturated carbocycles. The van der Waals surface area contributed by atoms with Crippen LogP contribution in [0, 0.1) is 0 Å². The first kappa shape index (κ1) is 19.1. The highest BCUT2D eigenvalue weighted by molar-refractivity contribution is 7.14. The molecule has 0 unspecified atom stereocenters. The number of aryl methyl sites for hydroxylation is 1. The molecule has 0 aliphatic carbocycles. The van der Waals surface area contributed by atoms with Crippen LogP contribution in [0.5, 0.6) is 0 Å².